The Labute approximate surface area is 110 Å². The fraction of sp³-hybridized carbons (Fsp3) is 0.667. The summed E-state index contributed by atoms with van der Waals surface area (Å²) < 4.78 is 0. The van der Waals surface area contributed by atoms with Crippen molar-refractivity contribution in [2.24, 2.45) is 0 Å². The molecular weight excluding hydrogens is 224 g/mol. The summed E-state index contributed by atoms with van der Waals surface area (Å²) in [6.07, 6.45) is 9.28. The Morgan fingerprint density at radius 3 is 2.67 bits per heavy atom. The van der Waals surface area contributed by atoms with Gasteiger partial charge in [0.05, 0.1) is 6.10 Å². The molecule has 0 amide bonds. The minimum absolute atomic E-state index is 0.158. The monoisotopic (exact) mass is 248 g/mol. The van der Waals surface area contributed by atoms with Crippen LogP contribution in [-0.2, 0) is 6.54 Å². The molecule has 1 heterocycles. The standard InChI is InChI=1S/C15H24N2O/c1-2-17(12-13-8-10-16-11-9-13)14-6-4-3-5-7-15(14)18/h8-11,14-15,18H,2-7,12H2,1H3. The molecule has 18 heavy (non-hydrogen) atoms. The lowest BCUT2D eigenvalue weighted by molar-refractivity contribution is 0.0425. The van der Waals surface area contributed by atoms with E-state index in [1.807, 2.05) is 12.4 Å². The maximum Gasteiger partial charge on any atom is 0.0695 e. The van der Waals surface area contributed by atoms with E-state index < -0.39 is 0 Å². The smallest absolute Gasteiger partial charge is 0.0695 e. The zero-order valence-electron chi connectivity index (χ0n) is 11.3. The largest absolute Gasteiger partial charge is 0.391 e. The Bertz CT molecular complexity index is 342. The summed E-state index contributed by atoms with van der Waals surface area (Å²) in [5.74, 6) is 0. The first-order valence-corrected chi connectivity index (χ1v) is 7.12. The molecule has 100 valence electrons. The van der Waals surface area contributed by atoms with Crippen LogP contribution in [0.2, 0.25) is 0 Å². The molecule has 1 aromatic heterocycles. The van der Waals surface area contributed by atoms with Crippen LogP contribution in [0.25, 0.3) is 0 Å². The summed E-state index contributed by atoms with van der Waals surface area (Å²) in [6, 6.07) is 4.45. The lowest BCUT2D eigenvalue weighted by atomic mass is 10.0. The first kappa shape index (κ1) is 13.5. The number of hydrogen-bond acceptors (Lipinski definition) is 3. The number of hydrogen-bond donors (Lipinski definition) is 1. The highest BCUT2D eigenvalue weighted by Crippen LogP contribution is 2.23. The summed E-state index contributed by atoms with van der Waals surface area (Å²) in [7, 11) is 0. The van der Waals surface area contributed by atoms with E-state index in [9.17, 15) is 5.11 Å². The predicted molar refractivity (Wildman–Crippen MR) is 73.2 cm³/mol. The molecule has 0 bridgehead atoms. The van der Waals surface area contributed by atoms with Crippen LogP contribution in [0, 0.1) is 0 Å². The van der Waals surface area contributed by atoms with Crippen molar-refractivity contribution in [1.29, 1.82) is 0 Å². The number of likely N-dealkylation sites (N-methyl/N-ethyl adjacent to an activating group) is 1. The molecule has 1 aliphatic carbocycles. The van der Waals surface area contributed by atoms with Gasteiger partial charge in [0, 0.05) is 25.0 Å². The highest BCUT2D eigenvalue weighted by molar-refractivity contribution is 5.09. The van der Waals surface area contributed by atoms with Gasteiger partial charge in [-0.25, -0.2) is 0 Å². The lowest BCUT2D eigenvalue weighted by Gasteiger charge is -2.33. The van der Waals surface area contributed by atoms with E-state index in [1.54, 1.807) is 0 Å². The van der Waals surface area contributed by atoms with Crippen LogP contribution >= 0.6 is 0 Å². The quantitative estimate of drug-likeness (QED) is 0.832. The molecule has 2 atom stereocenters. The predicted octanol–water partition coefficient (Wildman–Crippen LogP) is 2.60. The normalized spacial score (nSPS) is 25.1. The van der Waals surface area contributed by atoms with Gasteiger partial charge in [-0.15, -0.1) is 0 Å². The summed E-state index contributed by atoms with van der Waals surface area (Å²) in [4.78, 5) is 6.46. The second-order valence-corrected chi connectivity index (χ2v) is 5.19. The number of pyridine rings is 1. The van der Waals surface area contributed by atoms with Crippen molar-refractivity contribution in [2.75, 3.05) is 6.54 Å². The topological polar surface area (TPSA) is 36.4 Å². The summed E-state index contributed by atoms with van der Waals surface area (Å²) in [6.45, 7) is 4.09. The van der Waals surface area contributed by atoms with Gasteiger partial charge in [-0.1, -0.05) is 26.2 Å². The highest BCUT2D eigenvalue weighted by Gasteiger charge is 2.26. The molecule has 1 fully saturated rings. The zero-order valence-corrected chi connectivity index (χ0v) is 11.3. The molecule has 0 radical (unpaired) electrons. The van der Waals surface area contributed by atoms with Crippen molar-refractivity contribution in [3.63, 3.8) is 0 Å². The number of rotatable bonds is 4. The van der Waals surface area contributed by atoms with Crippen LogP contribution in [0.4, 0.5) is 0 Å². The van der Waals surface area contributed by atoms with Crippen molar-refractivity contribution >= 4 is 0 Å². The van der Waals surface area contributed by atoms with E-state index in [4.69, 9.17) is 0 Å². The highest BCUT2D eigenvalue weighted by atomic mass is 16.3. The number of aromatic nitrogens is 1. The molecule has 0 aliphatic heterocycles. The van der Waals surface area contributed by atoms with Gasteiger partial charge in [-0.3, -0.25) is 9.88 Å². The van der Waals surface area contributed by atoms with Crippen molar-refractivity contribution in [2.45, 2.75) is 57.7 Å². The van der Waals surface area contributed by atoms with E-state index in [2.05, 4.69) is 28.9 Å². The van der Waals surface area contributed by atoms with Gasteiger partial charge in [0.25, 0.3) is 0 Å². The van der Waals surface area contributed by atoms with Gasteiger partial charge >= 0.3 is 0 Å². The van der Waals surface area contributed by atoms with Gasteiger partial charge < -0.3 is 5.11 Å². The Balaban J connectivity index is 2.02. The first-order valence-electron chi connectivity index (χ1n) is 7.12. The minimum atomic E-state index is -0.158. The average molecular weight is 248 g/mol. The van der Waals surface area contributed by atoms with Crippen molar-refractivity contribution < 1.29 is 5.11 Å². The Morgan fingerprint density at radius 1 is 1.22 bits per heavy atom. The van der Waals surface area contributed by atoms with Crippen molar-refractivity contribution in [3.8, 4) is 0 Å². The minimum Gasteiger partial charge on any atom is -0.391 e. The number of aliphatic hydroxyl groups is 1. The van der Waals surface area contributed by atoms with Crippen LogP contribution in [0.15, 0.2) is 24.5 Å². The molecule has 3 heteroatoms. The third kappa shape index (κ3) is 3.53. The molecule has 0 saturated heterocycles. The molecule has 0 aromatic carbocycles. The van der Waals surface area contributed by atoms with Crippen LogP contribution in [0.5, 0.6) is 0 Å². The molecule has 1 aromatic rings. The maximum absolute atomic E-state index is 10.3. The zero-order chi connectivity index (χ0) is 12.8. The van der Waals surface area contributed by atoms with Crippen LogP contribution in [-0.4, -0.2) is 33.7 Å². The van der Waals surface area contributed by atoms with E-state index in [1.165, 1.54) is 24.8 Å². The Hall–Kier alpha value is -0.930. The van der Waals surface area contributed by atoms with E-state index >= 15 is 0 Å². The molecule has 1 saturated carbocycles. The molecule has 2 unspecified atom stereocenters. The van der Waals surface area contributed by atoms with Gasteiger partial charge in [-0.05, 0) is 37.1 Å². The van der Waals surface area contributed by atoms with Gasteiger partial charge in [0.15, 0.2) is 0 Å². The average Bonchev–Trinajstić information content (AvgIpc) is 2.62. The summed E-state index contributed by atoms with van der Waals surface area (Å²) in [5, 5.41) is 10.3. The second kappa shape index (κ2) is 6.86. The SMILES string of the molecule is CCN(Cc1ccncc1)C1CCCCCC1O. The number of nitrogens with zero attached hydrogens (tertiary/aromatic N) is 2. The third-order valence-corrected chi connectivity index (χ3v) is 3.95. The summed E-state index contributed by atoms with van der Waals surface area (Å²) >= 11 is 0. The lowest BCUT2D eigenvalue weighted by Crippen LogP contribution is -2.42. The molecule has 2 rings (SSSR count). The molecule has 1 aliphatic rings. The van der Waals surface area contributed by atoms with E-state index in [-0.39, 0.29) is 6.10 Å². The Morgan fingerprint density at radius 2 is 1.94 bits per heavy atom. The number of aliphatic hydroxyl groups excluding tert-OH is 1. The third-order valence-electron chi connectivity index (χ3n) is 3.95. The van der Waals surface area contributed by atoms with Crippen LogP contribution < -0.4 is 0 Å². The van der Waals surface area contributed by atoms with Crippen molar-refractivity contribution in [3.05, 3.63) is 30.1 Å². The molecule has 0 spiro atoms. The first-order chi connectivity index (χ1) is 8.81. The van der Waals surface area contributed by atoms with E-state index in [0.29, 0.717) is 6.04 Å². The van der Waals surface area contributed by atoms with Crippen LogP contribution in [0.3, 0.4) is 0 Å². The summed E-state index contributed by atoms with van der Waals surface area (Å²) in [5.41, 5.74) is 1.28. The fourth-order valence-corrected chi connectivity index (χ4v) is 2.88. The second-order valence-electron chi connectivity index (χ2n) is 5.19. The van der Waals surface area contributed by atoms with E-state index in [0.717, 1.165) is 25.9 Å². The van der Waals surface area contributed by atoms with Crippen LogP contribution in [0.1, 0.15) is 44.6 Å². The molecule has 3 nitrogen and oxygen atoms in total. The van der Waals surface area contributed by atoms with Gasteiger partial charge in [0.2, 0.25) is 0 Å². The van der Waals surface area contributed by atoms with Gasteiger partial charge in [-0.2, -0.15) is 0 Å². The maximum atomic E-state index is 10.3. The molecular formula is C15H24N2O. The Kier molecular flexibility index (Phi) is 5.14. The van der Waals surface area contributed by atoms with Gasteiger partial charge in [0.1, 0.15) is 0 Å². The molecule has 1 N–H and O–H groups in total. The fourth-order valence-electron chi connectivity index (χ4n) is 2.88. The van der Waals surface area contributed by atoms with Crippen molar-refractivity contribution in [1.82, 2.24) is 9.88 Å².